The standard InChI is InChI=1S/C21H23ClN6/c1-2-15-8-10-17(11-9-15)23-19-25-20(24-18-7-5-6-16(22)14-18)27-21(26-19)28-12-3-4-13-28/h5-11,14H,2-4,12-13H2,1H3,(H2,23,24,25,26,27). The quantitative estimate of drug-likeness (QED) is 0.600. The van der Waals surface area contributed by atoms with Crippen LogP contribution in [-0.4, -0.2) is 28.0 Å². The summed E-state index contributed by atoms with van der Waals surface area (Å²) in [7, 11) is 0. The summed E-state index contributed by atoms with van der Waals surface area (Å²) in [4.78, 5) is 16.0. The predicted octanol–water partition coefficient (Wildman–Crippen LogP) is 5.17. The van der Waals surface area contributed by atoms with Gasteiger partial charge in [-0.2, -0.15) is 15.0 Å². The zero-order chi connectivity index (χ0) is 19.3. The van der Waals surface area contributed by atoms with Crippen LogP contribution in [0.5, 0.6) is 0 Å². The van der Waals surface area contributed by atoms with Crippen molar-refractivity contribution in [3.05, 3.63) is 59.1 Å². The average molecular weight is 395 g/mol. The molecule has 1 fully saturated rings. The van der Waals surface area contributed by atoms with Gasteiger partial charge in [0.05, 0.1) is 0 Å². The molecule has 1 aliphatic rings. The molecule has 0 saturated carbocycles. The first-order valence-corrected chi connectivity index (χ1v) is 9.97. The molecule has 6 nitrogen and oxygen atoms in total. The number of hydrogen-bond acceptors (Lipinski definition) is 6. The molecule has 7 heteroatoms. The first kappa shape index (κ1) is 18.5. The normalized spacial score (nSPS) is 13.6. The number of nitrogens with zero attached hydrogens (tertiary/aromatic N) is 4. The van der Waals surface area contributed by atoms with Gasteiger partial charge in [0, 0.05) is 29.5 Å². The number of halogens is 1. The lowest BCUT2D eigenvalue weighted by molar-refractivity contribution is 0.886. The molecule has 1 saturated heterocycles. The zero-order valence-electron chi connectivity index (χ0n) is 15.8. The molecule has 2 heterocycles. The maximum atomic E-state index is 6.10. The van der Waals surface area contributed by atoms with Crippen molar-refractivity contribution in [2.45, 2.75) is 26.2 Å². The SMILES string of the molecule is CCc1ccc(Nc2nc(Nc3cccc(Cl)c3)nc(N3CCCC3)n2)cc1. The van der Waals surface area contributed by atoms with Crippen LogP contribution in [0.2, 0.25) is 5.02 Å². The fourth-order valence-corrected chi connectivity index (χ4v) is 3.37. The van der Waals surface area contributed by atoms with Gasteiger partial charge in [-0.3, -0.25) is 0 Å². The Bertz CT molecular complexity index is 938. The van der Waals surface area contributed by atoms with Gasteiger partial charge in [0.25, 0.3) is 0 Å². The van der Waals surface area contributed by atoms with Crippen LogP contribution in [-0.2, 0) is 6.42 Å². The second-order valence-electron chi connectivity index (χ2n) is 6.79. The van der Waals surface area contributed by atoms with E-state index >= 15 is 0 Å². The maximum Gasteiger partial charge on any atom is 0.233 e. The molecule has 28 heavy (non-hydrogen) atoms. The summed E-state index contributed by atoms with van der Waals surface area (Å²) in [5.74, 6) is 1.70. The minimum atomic E-state index is 0.492. The molecule has 2 aromatic carbocycles. The third-order valence-electron chi connectivity index (χ3n) is 4.71. The molecule has 0 aliphatic carbocycles. The second-order valence-corrected chi connectivity index (χ2v) is 7.22. The van der Waals surface area contributed by atoms with E-state index in [1.807, 2.05) is 36.4 Å². The van der Waals surface area contributed by atoms with Crippen LogP contribution in [0.3, 0.4) is 0 Å². The van der Waals surface area contributed by atoms with Crippen molar-refractivity contribution >= 4 is 40.8 Å². The van der Waals surface area contributed by atoms with Crippen molar-refractivity contribution in [1.29, 1.82) is 0 Å². The van der Waals surface area contributed by atoms with Crippen molar-refractivity contribution in [3.63, 3.8) is 0 Å². The summed E-state index contributed by atoms with van der Waals surface area (Å²) in [6.45, 7) is 4.07. The minimum absolute atomic E-state index is 0.492. The number of aryl methyl sites for hydroxylation is 1. The molecule has 1 aliphatic heterocycles. The minimum Gasteiger partial charge on any atom is -0.341 e. The molecule has 0 atom stereocenters. The van der Waals surface area contributed by atoms with E-state index in [0.29, 0.717) is 22.9 Å². The summed E-state index contributed by atoms with van der Waals surface area (Å²) < 4.78 is 0. The molecule has 0 bridgehead atoms. The van der Waals surface area contributed by atoms with E-state index in [-0.39, 0.29) is 0 Å². The van der Waals surface area contributed by atoms with Gasteiger partial charge in [-0.05, 0) is 55.2 Å². The molecule has 2 N–H and O–H groups in total. The number of anilines is 5. The van der Waals surface area contributed by atoms with E-state index in [9.17, 15) is 0 Å². The van der Waals surface area contributed by atoms with Gasteiger partial charge >= 0.3 is 0 Å². The highest BCUT2D eigenvalue weighted by atomic mass is 35.5. The van der Waals surface area contributed by atoms with E-state index < -0.39 is 0 Å². The monoisotopic (exact) mass is 394 g/mol. The first-order chi connectivity index (χ1) is 13.7. The summed E-state index contributed by atoms with van der Waals surface area (Å²) in [5.41, 5.74) is 3.08. The Morgan fingerprint density at radius 1 is 0.893 bits per heavy atom. The third-order valence-corrected chi connectivity index (χ3v) is 4.95. The lowest BCUT2D eigenvalue weighted by Crippen LogP contribution is -2.21. The molecule has 144 valence electrons. The largest absolute Gasteiger partial charge is 0.341 e. The van der Waals surface area contributed by atoms with Crippen molar-refractivity contribution in [1.82, 2.24) is 15.0 Å². The third kappa shape index (κ3) is 4.51. The molecule has 0 amide bonds. The fourth-order valence-electron chi connectivity index (χ4n) is 3.18. The molecule has 0 spiro atoms. The van der Waals surface area contributed by atoms with Gasteiger partial charge in [0.15, 0.2) is 0 Å². The highest BCUT2D eigenvalue weighted by molar-refractivity contribution is 6.30. The molecule has 0 radical (unpaired) electrons. The smallest absolute Gasteiger partial charge is 0.233 e. The van der Waals surface area contributed by atoms with Gasteiger partial charge in [0.2, 0.25) is 17.8 Å². The molecule has 3 aromatic rings. The van der Waals surface area contributed by atoms with Gasteiger partial charge in [-0.15, -0.1) is 0 Å². The Morgan fingerprint density at radius 3 is 2.21 bits per heavy atom. The Labute approximate surface area is 170 Å². The molecule has 1 aromatic heterocycles. The summed E-state index contributed by atoms with van der Waals surface area (Å²) in [6.07, 6.45) is 3.33. The van der Waals surface area contributed by atoms with Crippen LogP contribution >= 0.6 is 11.6 Å². The maximum absolute atomic E-state index is 6.10. The van der Waals surface area contributed by atoms with Gasteiger partial charge in [0.1, 0.15) is 0 Å². The van der Waals surface area contributed by atoms with E-state index in [1.54, 1.807) is 0 Å². The molecule has 4 rings (SSSR count). The highest BCUT2D eigenvalue weighted by Gasteiger charge is 2.17. The Kier molecular flexibility index (Phi) is 5.58. The Hall–Kier alpha value is -2.86. The van der Waals surface area contributed by atoms with Crippen LogP contribution in [0.4, 0.5) is 29.2 Å². The van der Waals surface area contributed by atoms with Gasteiger partial charge in [-0.25, -0.2) is 0 Å². The van der Waals surface area contributed by atoms with Crippen molar-refractivity contribution in [3.8, 4) is 0 Å². The zero-order valence-corrected chi connectivity index (χ0v) is 16.6. The molecular formula is C21H23ClN6. The summed E-state index contributed by atoms with van der Waals surface area (Å²) in [5, 5.41) is 7.20. The van der Waals surface area contributed by atoms with E-state index in [1.165, 1.54) is 5.56 Å². The van der Waals surface area contributed by atoms with Crippen LogP contribution < -0.4 is 15.5 Å². The van der Waals surface area contributed by atoms with Crippen LogP contribution in [0, 0.1) is 0 Å². The average Bonchev–Trinajstić information content (AvgIpc) is 3.23. The van der Waals surface area contributed by atoms with Crippen LogP contribution in [0.25, 0.3) is 0 Å². The topological polar surface area (TPSA) is 66.0 Å². The van der Waals surface area contributed by atoms with Gasteiger partial charge in [-0.1, -0.05) is 36.7 Å². The number of hydrogen-bond donors (Lipinski definition) is 2. The Morgan fingerprint density at radius 2 is 1.57 bits per heavy atom. The van der Waals surface area contributed by atoms with Crippen LogP contribution in [0.1, 0.15) is 25.3 Å². The number of nitrogens with one attached hydrogen (secondary N) is 2. The number of benzene rings is 2. The second kappa shape index (κ2) is 8.44. The fraction of sp³-hybridized carbons (Fsp3) is 0.286. The van der Waals surface area contributed by atoms with E-state index in [2.05, 4.69) is 49.5 Å². The van der Waals surface area contributed by atoms with Crippen LogP contribution in [0.15, 0.2) is 48.5 Å². The number of rotatable bonds is 6. The summed E-state index contributed by atoms with van der Waals surface area (Å²) >= 11 is 6.10. The first-order valence-electron chi connectivity index (χ1n) is 9.59. The van der Waals surface area contributed by atoms with Crippen molar-refractivity contribution in [2.24, 2.45) is 0 Å². The van der Waals surface area contributed by atoms with Gasteiger partial charge < -0.3 is 15.5 Å². The number of aromatic nitrogens is 3. The van der Waals surface area contributed by atoms with Crippen molar-refractivity contribution < 1.29 is 0 Å². The lowest BCUT2D eigenvalue weighted by Gasteiger charge is -2.17. The van der Waals surface area contributed by atoms with E-state index in [4.69, 9.17) is 11.6 Å². The Balaban J connectivity index is 1.62. The molecular weight excluding hydrogens is 372 g/mol. The van der Waals surface area contributed by atoms with Crippen molar-refractivity contribution in [2.75, 3.05) is 28.6 Å². The van der Waals surface area contributed by atoms with E-state index in [0.717, 1.165) is 43.7 Å². The lowest BCUT2D eigenvalue weighted by atomic mass is 10.1. The highest BCUT2D eigenvalue weighted by Crippen LogP contribution is 2.24. The summed E-state index contributed by atoms with van der Waals surface area (Å²) in [6, 6.07) is 15.8. The molecule has 0 unspecified atom stereocenters. The predicted molar refractivity (Wildman–Crippen MR) is 115 cm³/mol.